The van der Waals surface area contributed by atoms with Crippen molar-refractivity contribution >= 4 is 17.5 Å². The average Bonchev–Trinajstić information content (AvgIpc) is 2.74. The Morgan fingerprint density at radius 2 is 2.03 bits per heavy atom. The molecule has 0 spiro atoms. The summed E-state index contributed by atoms with van der Waals surface area (Å²) in [6, 6.07) is 5.71. The number of benzene rings is 1. The number of nitrogens with zero attached hydrogens (tertiary/aromatic N) is 1. The second-order valence-corrected chi connectivity index (χ2v) is 9.27. The molecule has 0 bridgehead atoms. The van der Waals surface area contributed by atoms with Crippen molar-refractivity contribution in [2.75, 3.05) is 45.8 Å². The van der Waals surface area contributed by atoms with Crippen LogP contribution in [0.4, 0.5) is 0 Å². The summed E-state index contributed by atoms with van der Waals surface area (Å²) in [4.78, 5) is 17.4. The Hall–Kier alpha value is -1.34. The fourth-order valence-electron chi connectivity index (χ4n) is 4.70. The summed E-state index contributed by atoms with van der Waals surface area (Å²) in [5.41, 5.74) is 2.91. The molecule has 1 aliphatic heterocycles. The first-order chi connectivity index (χ1) is 13.9. The monoisotopic (exact) mass is 419 g/mol. The number of hydrogen-bond acceptors (Lipinski definition) is 6. The van der Waals surface area contributed by atoms with E-state index < -0.39 is 5.54 Å². The van der Waals surface area contributed by atoms with E-state index in [-0.39, 0.29) is 18.3 Å². The highest BCUT2D eigenvalue weighted by Crippen LogP contribution is 2.44. The molecule has 1 aliphatic carbocycles. The molecule has 160 valence electrons. The molecule has 2 atom stereocenters. The maximum Gasteiger partial charge on any atom is 0.183 e. The van der Waals surface area contributed by atoms with Crippen molar-refractivity contribution in [1.29, 1.82) is 0 Å². The maximum absolute atomic E-state index is 14.1. The van der Waals surface area contributed by atoms with Crippen LogP contribution in [0.25, 0.3) is 0 Å². The molecule has 0 saturated carbocycles. The van der Waals surface area contributed by atoms with Gasteiger partial charge in [0, 0.05) is 24.4 Å². The van der Waals surface area contributed by atoms with E-state index in [0.717, 1.165) is 42.1 Å². The van der Waals surface area contributed by atoms with Crippen molar-refractivity contribution in [2.45, 2.75) is 44.0 Å². The Morgan fingerprint density at radius 1 is 1.31 bits per heavy atom. The van der Waals surface area contributed by atoms with Gasteiger partial charge in [0.1, 0.15) is 5.75 Å². The van der Waals surface area contributed by atoms with Crippen molar-refractivity contribution in [2.24, 2.45) is 5.92 Å². The van der Waals surface area contributed by atoms with Crippen LogP contribution in [0.5, 0.6) is 5.75 Å². The quantitative estimate of drug-likeness (QED) is 0.412. The summed E-state index contributed by atoms with van der Waals surface area (Å²) in [5, 5.41) is 9.22. The van der Waals surface area contributed by atoms with Crippen LogP contribution in [0.1, 0.15) is 44.0 Å². The van der Waals surface area contributed by atoms with Gasteiger partial charge in [-0.25, -0.2) is 0 Å². The van der Waals surface area contributed by atoms with E-state index in [9.17, 15) is 9.90 Å². The number of hydrogen-bond donors (Lipinski definition) is 1. The van der Waals surface area contributed by atoms with Gasteiger partial charge >= 0.3 is 0 Å². The molecule has 1 aromatic carbocycles. The van der Waals surface area contributed by atoms with E-state index in [0.29, 0.717) is 19.0 Å². The maximum atomic E-state index is 14.1. The minimum absolute atomic E-state index is 0.0873. The number of carbonyl (C=O) groups excluding carboxylic acids is 1. The van der Waals surface area contributed by atoms with Crippen LogP contribution >= 0.6 is 11.8 Å². The van der Waals surface area contributed by atoms with Gasteiger partial charge in [-0.05, 0) is 50.8 Å². The van der Waals surface area contributed by atoms with E-state index in [1.165, 1.54) is 22.9 Å². The highest BCUT2D eigenvalue weighted by atomic mass is 32.2. The molecule has 29 heavy (non-hydrogen) atoms. The van der Waals surface area contributed by atoms with Crippen LogP contribution in [-0.4, -0.2) is 67.1 Å². The first-order valence-electron chi connectivity index (χ1n) is 10.4. The molecule has 6 heteroatoms. The molecule has 0 radical (unpaired) electrons. The predicted octanol–water partition coefficient (Wildman–Crippen LogP) is 3.80. The number of thioether (sulfide) groups is 1. The van der Waals surface area contributed by atoms with Gasteiger partial charge in [-0.3, -0.25) is 9.69 Å². The third-order valence-corrected chi connectivity index (χ3v) is 7.45. The zero-order valence-corrected chi connectivity index (χ0v) is 18.8. The first kappa shape index (κ1) is 22.3. The molecule has 1 aromatic rings. The number of methoxy groups -OCH3 is 1. The summed E-state index contributed by atoms with van der Waals surface area (Å²) in [5.74, 6) is 1.73. The second kappa shape index (κ2) is 9.65. The van der Waals surface area contributed by atoms with Gasteiger partial charge in [-0.2, -0.15) is 0 Å². The van der Waals surface area contributed by atoms with Crippen molar-refractivity contribution in [3.63, 3.8) is 0 Å². The zero-order valence-electron chi connectivity index (χ0n) is 18.0. The average molecular weight is 420 g/mol. The highest BCUT2D eigenvalue weighted by Gasteiger charge is 2.50. The van der Waals surface area contributed by atoms with Crippen LogP contribution < -0.4 is 4.74 Å². The van der Waals surface area contributed by atoms with Crippen molar-refractivity contribution < 1.29 is 19.4 Å². The Labute approximate surface area is 178 Å². The molecule has 0 amide bonds. The van der Waals surface area contributed by atoms with Crippen LogP contribution in [0.3, 0.4) is 0 Å². The topological polar surface area (TPSA) is 59.0 Å². The number of allylic oxidation sites excluding steroid dienone is 1. The van der Waals surface area contributed by atoms with Gasteiger partial charge in [-0.15, -0.1) is 11.8 Å². The van der Waals surface area contributed by atoms with Crippen LogP contribution in [0.15, 0.2) is 34.2 Å². The number of morpholine rings is 1. The number of ether oxygens (including phenoxy) is 2. The third kappa shape index (κ3) is 4.41. The lowest BCUT2D eigenvalue weighted by atomic mass is 9.66. The van der Waals surface area contributed by atoms with Crippen LogP contribution in [-0.2, 0) is 4.74 Å². The van der Waals surface area contributed by atoms with Gasteiger partial charge < -0.3 is 14.6 Å². The lowest BCUT2D eigenvalue weighted by Gasteiger charge is -2.51. The lowest BCUT2D eigenvalue weighted by Crippen LogP contribution is -2.62. The predicted molar refractivity (Wildman–Crippen MR) is 117 cm³/mol. The third-order valence-electron chi connectivity index (χ3n) is 6.43. The molecule has 2 unspecified atom stereocenters. The first-order valence-corrected chi connectivity index (χ1v) is 11.4. The summed E-state index contributed by atoms with van der Waals surface area (Å²) in [6.45, 7) is 9.57. The van der Waals surface area contributed by atoms with E-state index in [2.05, 4.69) is 25.7 Å². The summed E-state index contributed by atoms with van der Waals surface area (Å²) in [6.07, 6.45) is 1.71. The molecular weight excluding hydrogens is 386 g/mol. The van der Waals surface area contributed by atoms with Crippen molar-refractivity contribution in [3.8, 4) is 5.75 Å². The summed E-state index contributed by atoms with van der Waals surface area (Å²) in [7, 11) is 1.63. The Bertz CT molecular complexity index is 772. The van der Waals surface area contributed by atoms with Gasteiger partial charge in [0.05, 0.1) is 37.4 Å². The fourth-order valence-corrected chi connectivity index (χ4v) is 5.52. The highest BCUT2D eigenvalue weighted by molar-refractivity contribution is 7.99. The number of aliphatic hydroxyl groups is 1. The second-order valence-electron chi connectivity index (χ2n) is 8.13. The Balaban J connectivity index is 2.03. The summed E-state index contributed by atoms with van der Waals surface area (Å²) < 4.78 is 11.1. The number of aliphatic hydroxyl groups excluding tert-OH is 1. The molecule has 1 N–H and O–H groups in total. The Kier molecular flexibility index (Phi) is 7.43. The normalized spacial score (nSPS) is 25.9. The smallest absolute Gasteiger partial charge is 0.183 e. The van der Waals surface area contributed by atoms with Crippen molar-refractivity contribution in [3.05, 3.63) is 34.9 Å². The van der Waals surface area contributed by atoms with Crippen molar-refractivity contribution in [1.82, 2.24) is 4.90 Å². The zero-order chi connectivity index (χ0) is 21.0. The molecule has 3 rings (SSSR count). The molecule has 0 aromatic heterocycles. The van der Waals surface area contributed by atoms with Gasteiger partial charge in [0.15, 0.2) is 5.78 Å². The molecule has 1 fully saturated rings. The SMILES string of the molecule is COc1ccc(C(=O)C2(N3CCOCC3)CC(C)=C(C)CC2C)cc1SCCO. The van der Waals surface area contributed by atoms with E-state index in [4.69, 9.17) is 9.47 Å². The number of rotatable bonds is 7. The number of Topliss-reactive ketones (excluding diaryl/α,β-unsaturated/α-hetero) is 1. The number of ketones is 1. The van der Waals surface area contributed by atoms with E-state index in [1.54, 1.807) is 7.11 Å². The number of carbonyl (C=O) groups is 1. The molecule has 2 aliphatic rings. The largest absolute Gasteiger partial charge is 0.496 e. The van der Waals surface area contributed by atoms with Crippen LogP contribution in [0, 0.1) is 5.92 Å². The van der Waals surface area contributed by atoms with E-state index in [1.807, 2.05) is 18.2 Å². The van der Waals surface area contributed by atoms with Crippen LogP contribution in [0.2, 0.25) is 0 Å². The lowest BCUT2D eigenvalue weighted by molar-refractivity contribution is -0.0346. The van der Waals surface area contributed by atoms with Gasteiger partial charge in [0.25, 0.3) is 0 Å². The summed E-state index contributed by atoms with van der Waals surface area (Å²) >= 11 is 1.52. The van der Waals surface area contributed by atoms with Gasteiger partial charge in [0.2, 0.25) is 0 Å². The van der Waals surface area contributed by atoms with Gasteiger partial charge in [-0.1, -0.05) is 18.1 Å². The molecule has 1 saturated heterocycles. The Morgan fingerprint density at radius 3 is 2.69 bits per heavy atom. The minimum Gasteiger partial charge on any atom is -0.496 e. The molecular formula is C23H33NO4S. The van der Waals surface area contributed by atoms with E-state index >= 15 is 0 Å². The fraction of sp³-hybridized carbons (Fsp3) is 0.609. The molecule has 5 nitrogen and oxygen atoms in total. The standard InChI is InChI=1S/C23H33NO4S/c1-16-13-18(3)23(15-17(16)2,24-7-10-28-11-8-24)22(26)19-5-6-20(27-4)21(14-19)29-12-9-25/h5-6,14,18,25H,7-13,15H2,1-4H3. The molecule has 1 heterocycles. The minimum atomic E-state index is -0.541.